The molecule has 6 heteroatoms. The number of hydrogen-bond acceptors (Lipinski definition) is 4. The second-order valence-electron chi connectivity index (χ2n) is 13.4. The first kappa shape index (κ1) is 30.9. The van der Waals surface area contributed by atoms with E-state index in [-0.39, 0.29) is 32.2 Å². The van der Waals surface area contributed by atoms with Crippen molar-refractivity contribution in [2.75, 3.05) is 0 Å². The van der Waals surface area contributed by atoms with Crippen LogP contribution in [0.4, 0.5) is 0 Å². The van der Waals surface area contributed by atoms with Gasteiger partial charge in [0.2, 0.25) is 0 Å². The maximum atomic E-state index is 12.0. The number of rotatable bonds is 4. The topological polar surface area (TPSA) is 63.3 Å². The summed E-state index contributed by atoms with van der Waals surface area (Å²) in [6.45, 7) is 6.60. The number of pyridine rings is 1. The van der Waals surface area contributed by atoms with Gasteiger partial charge in [0.1, 0.15) is 5.75 Å². The summed E-state index contributed by atoms with van der Waals surface area (Å²) in [5.74, 6) is 0.758. The predicted octanol–water partition coefficient (Wildman–Crippen LogP) is 10.5. The van der Waals surface area contributed by atoms with Gasteiger partial charge in [-0.05, 0) is 46.9 Å². The van der Waals surface area contributed by atoms with Gasteiger partial charge < -0.3 is 9.51 Å². The molecule has 49 heavy (non-hydrogen) atoms. The summed E-state index contributed by atoms with van der Waals surface area (Å²) in [7, 11) is 0. The molecule has 0 radical (unpaired) electrons. The van der Waals surface area contributed by atoms with Crippen LogP contribution in [0.5, 0.6) is 5.75 Å². The Morgan fingerprint density at radius 3 is 2.08 bits per heavy atom. The van der Waals surface area contributed by atoms with E-state index in [1.807, 2.05) is 48.7 Å². The van der Waals surface area contributed by atoms with Crippen LogP contribution in [-0.2, 0) is 26.5 Å². The molecule has 0 spiro atoms. The molecule has 240 valence electrons. The van der Waals surface area contributed by atoms with E-state index in [0.29, 0.717) is 17.1 Å². The molecule has 0 aliphatic rings. The molecule has 0 unspecified atom stereocenters. The van der Waals surface area contributed by atoms with Crippen LogP contribution in [0.15, 0.2) is 128 Å². The molecule has 4 heterocycles. The van der Waals surface area contributed by atoms with E-state index in [4.69, 9.17) is 15.0 Å². The molecule has 9 rings (SSSR count). The van der Waals surface area contributed by atoms with Crippen molar-refractivity contribution in [3.63, 3.8) is 0 Å². The largest absolute Gasteiger partial charge is 0.507 e. The van der Waals surface area contributed by atoms with Gasteiger partial charge in [-0.2, -0.15) is 0 Å². The SMILES string of the molecule is CC(C)(C)c1cc(-c2cc(-c3ccccc3)ccn2)[c-]c(-c2nccc(-c3cc4c5ccccc5n5c6ccccc6c(c3O)c45)n2)c1.[Pt]. The van der Waals surface area contributed by atoms with Crippen LogP contribution in [-0.4, -0.2) is 24.5 Å². The molecule has 0 aliphatic carbocycles. The minimum Gasteiger partial charge on any atom is -0.507 e. The van der Waals surface area contributed by atoms with Gasteiger partial charge in [-0.1, -0.05) is 105 Å². The summed E-state index contributed by atoms with van der Waals surface area (Å²) in [4.78, 5) is 14.6. The fourth-order valence-corrected chi connectivity index (χ4v) is 6.99. The molecule has 5 nitrogen and oxygen atoms in total. The van der Waals surface area contributed by atoms with Gasteiger partial charge in [0.15, 0.2) is 0 Å². The molecule has 0 fully saturated rings. The van der Waals surface area contributed by atoms with E-state index >= 15 is 0 Å². The Labute approximate surface area is 298 Å². The molecule has 4 aromatic heterocycles. The number of aromatic nitrogens is 4. The first-order valence-electron chi connectivity index (χ1n) is 16.2. The fraction of sp³-hybridized carbons (Fsp3) is 0.0930. The van der Waals surface area contributed by atoms with Gasteiger partial charge in [0.05, 0.1) is 33.5 Å². The molecule has 0 atom stereocenters. The maximum Gasteiger partial charge on any atom is 0.135 e. The zero-order valence-corrected chi connectivity index (χ0v) is 29.4. The Hall–Kier alpha value is -5.38. The number of phenolic OH excluding ortho intramolecular Hbond substituents is 1. The number of para-hydroxylation sites is 2. The molecule has 9 aromatic rings. The molecule has 0 saturated heterocycles. The van der Waals surface area contributed by atoms with Gasteiger partial charge in [0, 0.05) is 60.9 Å². The van der Waals surface area contributed by atoms with E-state index < -0.39 is 0 Å². The van der Waals surface area contributed by atoms with Gasteiger partial charge in [-0.15, -0.1) is 23.8 Å². The van der Waals surface area contributed by atoms with Crippen molar-refractivity contribution in [1.82, 2.24) is 19.4 Å². The number of benzene rings is 5. The number of hydrogen-bond donors (Lipinski definition) is 1. The van der Waals surface area contributed by atoms with Gasteiger partial charge >= 0.3 is 0 Å². The average molecular weight is 815 g/mol. The van der Waals surface area contributed by atoms with E-state index in [1.54, 1.807) is 6.20 Å². The molecular formula is C43H31N4OPt-. The van der Waals surface area contributed by atoms with Crippen LogP contribution < -0.4 is 0 Å². The number of fused-ring (bicyclic) bond motifs is 6. The quantitative estimate of drug-likeness (QED) is 0.180. The van der Waals surface area contributed by atoms with Crippen molar-refractivity contribution >= 4 is 38.1 Å². The second kappa shape index (κ2) is 11.6. The third-order valence-corrected chi connectivity index (χ3v) is 9.40. The average Bonchev–Trinajstić information content (AvgIpc) is 3.64. The second-order valence-corrected chi connectivity index (χ2v) is 13.4. The van der Waals surface area contributed by atoms with Crippen molar-refractivity contribution < 1.29 is 26.2 Å². The van der Waals surface area contributed by atoms with E-state index in [9.17, 15) is 5.11 Å². The Morgan fingerprint density at radius 1 is 0.633 bits per heavy atom. The Balaban J connectivity index is 0.00000348. The van der Waals surface area contributed by atoms with Crippen LogP contribution in [0, 0.1) is 6.07 Å². The normalized spacial score (nSPS) is 11.9. The van der Waals surface area contributed by atoms with Crippen LogP contribution in [0.2, 0.25) is 0 Å². The third kappa shape index (κ3) is 5.00. The predicted molar refractivity (Wildman–Crippen MR) is 195 cm³/mol. The van der Waals surface area contributed by atoms with Crippen LogP contribution in [0.25, 0.3) is 83.1 Å². The van der Waals surface area contributed by atoms with Gasteiger partial charge in [0.25, 0.3) is 0 Å². The summed E-state index contributed by atoms with van der Waals surface area (Å²) >= 11 is 0. The molecule has 0 amide bonds. The summed E-state index contributed by atoms with van der Waals surface area (Å²) in [5.41, 5.74) is 10.2. The standard InChI is InChI=1S/C43H31N4O.Pt/c1-43(2,3)30-22-28(36-24-27(17-19-44-36)26-11-5-4-6-12-26)21-29(23-30)42-45-20-18-35(46-42)34-25-33-31-13-7-9-15-37(31)47-38-16-10-8-14-32(38)39(40(33)47)41(34)48;/h4-20,22-25,48H,1-3H3;/q-1;. The van der Waals surface area contributed by atoms with Gasteiger partial charge in [-0.25, -0.2) is 0 Å². The van der Waals surface area contributed by atoms with Gasteiger partial charge in [-0.3, -0.25) is 15.0 Å². The van der Waals surface area contributed by atoms with E-state index in [0.717, 1.165) is 71.6 Å². The summed E-state index contributed by atoms with van der Waals surface area (Å²) in [6, 6.07) is 43.0. The van der Waals surface area contributed by atoms with Crippen LogP contribution in [0.1, 0.15) is 26.3 Å². The first-order valence-corrected chi connectivity index (χ1v) is 16.2. The zero-order chi connectivity index (χ0) is 32.6. The van der Waals surface area contributed by atoms with E-state index in [1.165, 1.54) is 0 Å². The number of aromatic hydroxyl groups is 1. The zero-order valence-electron chi connectivity index (χ0n) is 27.2. The molecular weight excluding hydrogens is 784 g/mol. The fourth-order valence-electron chi connectivity index (χ4n) is 6.99. The van der Waals surface area contributed by atoms with Crippen LogP contribution in [0.3, 0.4) is 0 Å². The molecule has 5 aromatic carbocycles. The summed E-state index contributed by atoms with van der Waals surface area (Å²) in [5, 5.41) is 16.0. The monoisotopic (exact) mass is 814 g/mol. The summed E-state index contributed by atoms with van der Waals surface area (Å²) in [6.07, 6.45) is 3.62. The smallest absolute Gasteiger partial charge is 0.135 e. The van der Waals surface area contributed by atoms with Crippen LogP contribution >= 0.6 is 0 Å². The summed E-state index contributed by atoms with van der Waals surface area (Å²) < 4.78 is 2.26. The number of nitrogens with zero attached hydrogens (tertiary/aromatic N) is 4. The van der Waals surface area contributed by atoms with Crippen molar-refractivity contribution in [2.24, 2.45) is 0 Å². The van der Waals surface area contributed by atoms with Crippen molar-refractivity contribution in [3.05, 3.63) is 139 Å². The molecule has 0 saturated carbocycles. The molecule has 1 N–H and O–H groups in total. The van der Waals surface area contributed by atoms with Crippen molar-refractivity contribution in [2.45, 2.75) is 26.2 Å². The Morgan fingerprint density at radius 2 is 1.31 bits per heavy atom. The molecule has 0 bridgehead atoms. The van der Waals surface area contributed by atoms with E-state index in [2.05, 4.69) is 104 Å². The minimum atomic E-state index is -0.137. The first-order chi connectivity index (χ1) is 23.3. The van der Waals surface area contributed by atoms with Crippen molar-refractivity contribution in [1.29, 1.82) is 0 Å². The molecule has 0 aliphatic heterocycles. The van der Waals surface area contributed by atoms with Crippen molar-refractivity contribution in [3.8, 4) is 50.8 Å². The Kier molecular flexibility index (Phi) is 7.35. The maximum absolute atomic E-state index is 12.0. The Bertz CT molecular complexity index is 2670. The number of phenols is 1. The minimum absolute atomic E-state index is 0. The third-order valence-electron chi connectivity index (χ3n) is 9.40.